The standard InChI is InChI=1S/C25H21NO5S/c1-17(2)25(28)31-23-16-26(32(29,30)20-11-7-4-8-12-20)22-14-13-19(15-21(22)23)24(27)18-9-5-3-6-10-18/h3-17H,1-2H3. The summed E-state index contributed by atoms with van der Waals surface area (Å²) >= 11 is 0. The van der Waals surface area contributed by atoms with Crippen LogP contribution in [0.25, 0.3) is 10.9 Å². The van der Waals surface area contributed by atoms with E-state index in [4.69, 9.17) is 4.74 Å². The number of benzene rings is 3. The van der Waals surface area contributed by atoms with Crippen LogP contribution in [0.3, 0.4) is 0 Å². The fourth-order valence-electron chi connectivity index (χ4n) is 3.28. The molecule has 1 aromatic heterocycles. The van der Waals surface area contributed by atoms with Gasteiger partial charge in [0, 0.05) is 16.5 Å². The van der Waals surface area contributed by atoms with Gasteiger partial charge in [-0.3, -0.25) is 9.59 Å². The van der Waals surface area contributed by atoms with Gasteiger partial charge in [0.05, 0.1) is 22.5 Å². The zero-order valence-electron chi connectivity index (χ0n) is 17.6. The molecule has 162 valence electrons. The first-order valence-corrected chi connectivity index (χ1v) is 11.5. The van der Waals surface area contributed by atoms with Crippen molar-refractivity contribution in [3.63, 3.8) is 0 Å². The molecule has 1 heterocycles. The number of hydrogen-bond acceptors (Lipinski definition) is 5. The molecule has 0 saturated heterocycles. The van der Waals surface area contributed by atoms with Crippen LogP contribution in [0.1, 0.15) is 29.8 Å². The molecule has 0 aliphatic heterocycles. The van der Waals surface area contributed by atoms with Crippen LogP contribution in [-0.2, 0) is 14.8 Å². The molecule has 0 bridgehead atoms. The van der Waals surface area contributed by atoms with Crippen molar-refractivity contribution in [3.8, 4) is 5.75 Å². The molecule has 0 aliphatic carbocycles. The highest BCUT2D eigenvalue weighted by atomic mass is 32.2. The van der Waals surface area contributed by atoms with E-state index in [-0.39, 0.29) is 16.4 Å². The summed E-state index contributed by atoms with van der Waals surface area (Å²) in [6.07, 6.45) is 1.28. The van der Waals surface area contributed by atoms with Crippen molar-refractivity contribution in [1.29, 1.82) is 0 Å². The maximum Gasteiger partial charge on any atom is 0.313 e. The highest BCUT2D eigenvalue weighted by Gasteiger charge is 2.24. The fourth-order valence-corrected chi connectivity index (χ4v) is 4.66. The minimum atomic E-state index is -3.95. The summed E-state index contributed by atoms with van der Waals surface area (Å²) in [6.45, 7) is 3.37. The first-order chi connectivity index (χ1) is 15.3. The second-order valence-electron chi connectivity index (χ2n) is 7.61. The van der Waals surface area contributed by atoms with Crippen molar-refractivity contribution in [2.24, 2.45) is 5.92 Å². The number of ether oxygens (including phenoxy) is 1. The quantitative estimate of drug-likeness (QED) is 0.317. The molecule has 6 nitrogen and oxygen atoms in total. The molecule has 0 amide bonds. The van der Waals surface area contributed by atoms with E-state index in [1.165, 1.54) is 18.3 Å². The van der Waals surface area contributed by atoms with E-state index in [0.717, 1.165) is 3.97 Å². The topological polar surface area (TPSA) is 82.4 Å². The van der Waals surface area contributed by atoms with Gasteiger partial charge in [-0.2, -0.15) is 0 Å². The third kappa shape index (κ3) is 3.94. The molecule has 0 spiro atoms. The summed E-state index contributed by atoms with van der Waals surface area (Å²) in [7, 11) is -3.95. The maximum atomic E-state index is 13.3. The normalized spacial score (nSPS) is 11.6. The van der Waals surface area contributed by atoms with Gasteiger partial charge in [0.25, 0.3) is 10.0 Å². The third-order valence-corrected chi connectivity index (χ3v) is 6.70. The first-order valence-electron chi connectivity index (χ1n) is 10.1. The van der Waals surface area contributed by atoms with Crippen LogP contribution >= 0.6 is 0 Å². The van der Waals surface area contributed by atoms with Crippen molar-refractivity contribution in [2.45, 2.75) is 18.7 Å². The summed E-state index contributed by atoms with van der Waals surface area (Å²) in [4.78, 5) is 25.3. The number of carbonyl (C=O) groups excluding carboxylic acids is 2. The van der Waals surface area contributed by atoms with Crippen molar-refractivity contribution in [2.75, 3.05) is 0 Å². The smallest absolute Gasteiger partial charge is 0.313 e. The molecule has 0 unspecified atom stereocenters. The Labute approximate surface area is 186 Å². The van der Waals surface area contributed by atoms with E-state index in [2.05, 4.69) is 0 Å². The van der Waals surface area contributed by atoms with Crippen molar-refractivity contribution >= 4 is 32.7 Å². The lowest BCUT2D eigenvalue weighted by Gasteiger charge is -2.07. The van der Waals surface area contributed by atoms with Gasteiger partial charge >= 0.3 is 5.97 Å². The Morgan fingerprint density at radius 3 is 2.09 bits per heavy atom. The highest BCUT2D eigenvalue weighted by molar-refractivity contribution is 7.90. The number of fused-ring (bicyclic) bond motifs is 1. The van der Waals surface area contributed by atoms with E-state index in [1.807, 2.05) is 6.07 Å². The molecule has 4 rings (SSSR count). The van der Waals surface area contributed by atoms with Crippen LogP contribution in [0.4, 0.5) is 0 Å². The molecule has 0 atom stereocenters. The van der Waals surface area contributed by atoms with Crippen LogP contribution in [0.15, 0.2) is 90.0 Å². The third-order valence-electron chi connectivity index (χ3n) is 5.01. The van der Waals surface area contributed by atoms with Gasteiger partial charge in [0.15, 0.2) is 11.5 Å². The molecule has 0 N–H and O–H groups in total. The second kappa shape index (κ2) is 8.43. The number of rotatable bonds is 6. The van der Waals surface area contributed by atoms with Crippen LogP contribution in [-0.4, -0.2) is 24.1 Å². The molecule has 0 aliphatic rings. The Morgan fingerprint density at radius 2 is 1.47 bits per heavy atom. The zero-order chi connectivity index (χ0) is 22.9. The Kier molecular flexibility index (Phi) is 5.67. The minimum Gasteiger partial charge on any atom is -0.424 e. The fraction of sp³-hybridized carbons (Fsp3) is 0.120. The SMILES string of the molecule is CC(C)C(=O)Oc1cn(S(=O)(=O)c2ccccc2)c2ccc(C(=O)c3ccccc3)cc12. The number of ketones is 1. The van der Waals surface area contributed by atoms with Crippen LogP contribution < -0.4 is 4.74 Å². The second-order valence-corrected chi connectivity index (χ2v) is 9.43. The molecule has 3 aromatic carbocycles. The Balaban J connectivity index is 1.89. The number of aromatic nitrogens is 1. The average Bonchev–Trinajstić information content (AvgIpc) is 3.18. The Hall–Kier alpha value is -3.71. The lowest BCUT2D eigenvalue weighted by atomic mass is 10.0. The Bertz CT molecular complexity index is 1410. The molecular weight excluding hydrogens is 426 g/mol. The first kappa shape index (κ1) is 21.5. The van der Waals surface area contributed by atoms with Crippen molar-refractivity contribution in [1.82, 2.24) is 3.97 Å². The summed E-state index contributed by atoms with van der Waals surface area (Å²) in [5.41, 5.74) is 1.18. The summed E-state index contributed by atoms with van der Waals surface area (Å²) < 4.78 is 33.1. The van der Waals surface area contributed by atoms with Crippen LogP contribution in [0.2, 0.25) is 0 Å². The summed E-state index contributed by atoms with van der Waals surface area (Å²) in [6, 6.07) is 21.4. The van der Waals surface area contributed by atoms with E-state index in [9.17, 15) is 18.0 Å². The van der Waals surface area contributed by atoms with Gasteiger partial charge in [-0.05, 0) is 30.3 Å². The van der Waals surface area contributed by atoms with Gasteiger partial charge in [-0.25, -0.2) is 12.4 Å². The summed E-state index contributed by atoms with van der Waals surface area (Å²) in [5.74, 6) is -1.04. The largest absolute Gasteiger partial charge is 0.424 e. The lowest BCUT2D eigenvalue weighted by Crippen LogP contribution is -2.15. The van der Waals surface area contributed by atoms with E-state index >= 15 is 0 Å². The van der Waals surface area contributed by atoms with Gasteiger partial charge < -0.3 is 4.74 Å². The van der Waals surface area contributed by atoms with E-state index in [1.54, 1.807) is 74.5 Å². The predicted molar refractivity (Wildman–Crippen MR) is 121 cm³/mol. The van der Waals surface area contributed by atoms with E-state index in [0.29, 0.717) is 22.0 Å². The number of nitrogens with zero attached hydrogens (tertiary/aromatic N) is 1. The zero-order valence-corrected chi connectivity index (χ0v) is 18.4. The summed E-state index contributed by atoms with van der Waals surface area (Å²) in [5, 5.41) is 0.361. The van der Waals surface area contributed by atoms with Gasteiger partial charge in [0.2, 0.25) is 0 Å². The maximum absolute atomic E-state index is 13.3. The molecule has 4 aromatic rings. The molecule has 7 heteroatoms. The minimum absolute atomic E-state index is 0.0842. The van der Waals surface area contributed by atoms with Gasteiger partial charge in [-0.1, -0.05) is 62.4 Å². The molecule has 0 saturated carbocycles. The lowest BCUT2D eigenvalue weighted by molar-refractivity contribution is -0.137. The average molecular weight is 448 g/mol. The highest BCUT2D eigenvalue weighted by Crippen LogP contribution is 2.33. The van der Waals surface area contributed by atoms with Gasteiger partial charge in [0.1, 0.15) is 0 Å². The number of carbonyl (C=O) groups is 2. The van der Waals surface area contributed by atoms with Crippen LogP contribution in [0, 0.1) is 5.92 Å². The predicted octanol–water partition coefficient (Wildman–Crippen LogP) is 4.67. The molecule has 32 heavy (non-hydrogen) atoms. The number of esters is 1. The van der Waals surface area contributed by atoms with Crippen molar-refractivity contribution in [3.05, 3.63) is 96.2 Å². The molecular formula is C25H21NO5S. The van der Waals surface area contributed by atoms with Crippen LogP contribution in [0.5, 0.6) is 5.75 Å². The monoisotopic (exact) mass is 447 g/mol. The van der Waals surface area contributed by atoms with Gasteiger partial charge in [-0.15, -0.1) is 0 Å². The molecule has 0 fully saturated rings. The Morgan fingerprint density at radius 1 is 0.844 bits per heavy atom. The number of hydrogen-bond donors (Lipinski definition) is 0. The van der Waals surface area contributed by atoms with Crippen molar-refractivity contribution < 1.29 is 22.7 Å². The van der Waals surface area contributed by atoms with E-state index < -0.39 is 21.9 Å². The molecule has 0 radical (unpaired) electrons.